The summed E-state index contributed by atoms with van der Waals surface area (Å²) in [5, 5.41) is 7.63. The zero-order valence-corrected chi connectivity index (χ0v) is 15.4. The standard InChI is InChI=1S/C20H25N3O3/c1-14-9-10-18(26-3)17(13-14)23-20(25)19(16-7-5-4-6-8-16)22-12-11-21-15(2)24/h4-10,13,19,22H,11-12H2,1-3H3,(H,21,24)(H,23,25)/p+1/t19-/m0/s1. The molecule has 0 unspecified atom stereocenters. The van der Waals surface area contributed by atoms with Gasteiger partial charge in [0.2, 0.25) is 5.91 Å². The summed E-state index contributed by atoms with van der Waals surface area (Å²) in [7, 11) is 1.58. The molecule has 6 nitrogen and oxygen atoms in total. The van der Waals surface area contributed by atoms with Crippen LogP contribution in [-0.2, 0) is 9.59 Å². The van der Waals surface area contributed by atoms with Crippen LogP contribution in [0, 0.1) is 6.92 Å². The number of amides is 2. The van der Waals surface area contributed by atoms with Crippen molar-refractivity contribution >= 4 is 17.5 Å². The summed E-state index contributed by atoms with van der Waals surface area (Å²) in [6.07, 6.45) is 0. The average molecular weight is 356 g/mol. The van der Waals surface area contributed by atoms with Crippen LogP contribution in [0.4, 0.5) is 5.69 Å². The van der Waals surface area contributed by atoms with Gasteiger partial charge in [-0.25, -0.2) is 0 Å². The van der Waals surface area contributed by atoms with Crippen LogP contribution in [0.2, 0.25) is 0 Å². The van der Waals surface area contributed by atoms with Crippen molar-refractivity contribution in [3.8, 4) is 5.75 Å². The van der Waals surface area contributed by atoms with Gasteiger partial charge in [0, 0.05) is 12.5 Å². The van der Waals surface area contributed by atoms with Crippen LogP contribution in [0.25, 0.3) is 0 Å². The molecule has 2 aromatic carbocycles. The zero-order chi connectivity index (χ0) is 18.9. The molecule has 0 radical (unpaired) electrons. The molecule has 2 aromatic rings. The lowest BCUT2D eigenvalue weighted by Gasteiger charge is -2.17. The molecule has 0 saturated carbocycles. The van der Waals surface area contributed by atoms with Crippen molar-refractivity contribution in [2.24, 2.45) is 0 Å². The van der Waals surface area contributed by atoms with E-state index in [2.05, 4.69) is 10.6 Å². The van der Waals surface area contributed by atoms with Crippen molar-refractivity contribution in [2.45, 2.75) is 19.9 Å². The van der Waals surface area contributed by atoms with Crippen LogP contribution in [0.1, 0.15) is 24.1 Å². The van der Waals surface area contributed by atoms with E-state index in [9.17, 15) is 9.59 Å². The molecule has 0 aliphatic heterocycles. The number of aryl methyl sites for hydroxylation is 1. The van der Waals surface area contributed by atoms with E-state index in [1.54, 1.807) is 7.11 Å². The van der Waals surface area contributed by atoms with Gasteiger partial charge in [-0.3, -0.25) is 9.59 Å². The summed E-state index contributed by atoms with van der Waals surface area (Å²) in [5.74, 6) is 0.403. The zero-order valence-electron chi connectivity index (χ0n) is 15.4. The lowest BCUT2D eigenvalue weighted by Crippen LogP contribution is -2.88. The fourth-order valence-corrected chi connectivity index (χ4v) is 2.68. The Bertz CT molecular complexity index is 747. The molecule has 138 valence electrons. The van der Waals surface area contributed by atoms with Gasteiger partial charge < -0.3 is 20.7 Å². The van der Waals surface area contributed by atoms with Crippen molar-refractivity contribution < 1.29 is 19.6 Å². The van der Waals surface area contributed by atoms with E-state index in [4.69, 9.17) is 4.74 Å². The minimum absolute atomic E-state index is 0.0800. The SMILES string of the molecule is COc1ccc(C)cc1NC(=O)[C@@H]([NH2+]CCNC(C)=O)c1ccccc1. The largest absolute Gasteiger partial charge is 0.495 e. The summed E-state index contributed by atoms with van der Waals surface area (Å²) in [5.41, 5.74) is 2.58. The van der Waals surface area contributed by atoms with Gasteiger partial charge in [0.1, 0.15) is 5.75 Å². The Morgan fingerprint density at radius 3 is 2.54 bits per heavy atom. The number of hydrogen-bond acceptors (Lipinski definition) is 3. The first-order valence-electron chi connectivity index (χ1n) is 8.59. The molecule has 26 heavy (non-hydrogen) atoms. The smallest absolute Gasteiger partial charge is 0.287 e. The minimum atomic E-state index is -0.421. The van der Waals surface area contributed by atoms with E-state index in [0.717, 1.165) is 11.1 Å². The molecule has 0 spiro atoms. The fourth-order valence-electron chi connectivity index (χ4n) is 2.68. The van der Waals surface area contributed by atoms with Gasteiger partial charge >= 0.3 is 0 Å². The molecule has 0 saturated heterocycles. The molecule has 4 N–H and O–H groups in total. The van der Waals surface area contributed by atoms with Crippen LogP contribution in [0.5, 0.6) is 5.75 Å². The summed E-state index contributed by atoms with van der Waals surface area (Å²) in [6, 6.07) is 14.8. The Labute approximate surface area is 153 Å². The molecular weight excluding hydrogens is 330 g/mol. The number of hydrogen-bond donors (Lipinski definition) is 3. The molecule has 2 amide bonds. The van der Waals surface area contributed by atoms with E-state index in [0.29, 0.717) is 24.5 Å². The average Bonchev–Trinajstić information content (AvgIpc) is 2.62. The molecule has 1 atom stereocenters. The Hall–Kier alpha value is -2.86. The number of methoxy groups -OCH3 is 1. The first kappa shape index (κ1) is 19.5. The van der Waals surface area contributed by atoms with E-state index in [-0.39, 0.29) is 11.8 Å². The highest BCUT2D eigenvalue weighted by Crippen LogP contribution is 2.26. The van der Waals surface area contributed by atoms with Crippen molar-refractivity contribution in [1.29, 1.82) is 0 Å². The number of nitrogens with one attached hydrogen (secondary N) is 2. The number of carbonyl (C=O) groups excluding carboxylic acids is 2. The first-order chi connectivity index (χ1) is 12.5. The fraction of sp³-hybridized carbons (Fsp3) is 0.300. The predicted octanol–water partition coefficient (Wildman–Crippen LogP) is 1.38. The molecular formula is C20H26N3O3+. The van der Waals surface area contributed by atoms with Crippen molar-refractivity contribution in [3.63, 3.8) is 0 Å². The number of nitrogens with two attached hydrogens (primary N) is 1. The van der Waals surface area contributed by atoms with E-state index < -0.39 is 6.04 Å². The Kier molecular flexibility index (Phi) is 7.17. The quantitative estimate of drug-likeness (QED) is 0.625. The van der Waals surface area contributed by atoms with Gasteiger partial charge in [0.25, 0.3) is 5.91 Å². The number of anilines is 1. The number of carbonyl (C=O) groups is 2. The van der Waals surface area contributed by atoms with Crippen LogP contribution in [0.3, 0.4) is 0 Å². The van der Waals surface area contributed by atoms with Gasteiger partial charge in [-0.2, -0.15) is 0 Å². The van der Waals surface area contributed by atoms with Crippen LogP contribution < -0.4 is 20.7 Å². The van der Waals surface area contributed by atoms with E-state index >= 15 is 0 Å². The number of quaternary nitrogens is 1. The number of rotatable bonds is 8. The summed E-state index contributed by atoms with van der Waals surface area (Å²) < 4.78 is 5.34. The predicted molar refractivity (Wildman–Crippen MR) is 101 cm³/mol. The molecule has 0 heterocycles. The third-order valence-electron chi connectivity index (χ3n) is 3.97. The van der Waals surface area contributed by atoms with Crippen LogP contribution >= 0.6 is 0 Å². The van der Waals surface area contributed by atoms with Gasteiger partial charge in [0.15, 0.2) is 6.04 Å². The summed E-state index contributed by atoms with van der Waals surface area (Å²) >= 11 is 0. The molecule has 2 rings (SSSR count). The second kappa shape index (κ2) is 9.58. The van der Waals surface area contributed by atoms with Gasteiger partial charge in [-0.05, 0) is 24.6 Å². The van der Waals surface area contributed by atoms with E-state index in [1.807, 2.05) is 60.8 Å². The van der Waals surface area contributed by atoms with Gasteiger partial charge in [0.05, 0.1) is 25.9 Å². The monoisotopic (exact) mass is 356 g/mol. The Morgan fingerprint density at radius 1 is 1.15 bits per heavy atom. The second-order valence-electron chi connectivity index (χ2n) is 6.09. The molecule has 0 aliphatic rings. The summed E-state index contributed by atoms with van der Waals surface area (Å²) in [4.78, 5) is 24.0. The highest BCUT2D eigenvalue weighted by Gasteiger charge is 2.24. The minimum Gasteiger partial charge on any atom is -0.495 e. The topological polar surface area (TPSA) is 84.0 Å². The maximum absolute atomic E-state index is 12.9. The lowest BCUT2D eigenvalue weighted by atomic mass is 10.1. The number of benzene rings is 2. The van der Waals surface area contributed by atoms with Gasteiger partial charge in [-0.15, -0.1) is 0 Å². The molecule has 0 bridgehead atoms. The Morgan fingerprint density at radius 2 is 1.88 bits per heavy atom. The molecule has 0 fully saturated rings. The number of ether oxygens (including phenoxy) is 1. The van der Waals surface area contributed by atoms with E-state index in [1.165, 1.54) is 6.92 Å². The van der Waals surface area contributed by atoms with Crippen molar-refractivity contribution in [3.05, 3.63) is 59.7 Å². The molecule has 6 heteroatoms. The highest BCUT2D eigenvalue weighted by molar-refractivity contribution is 5.95. The van der Waals surface area contributed by atoms with Crippen molar-refractivity contribution in [2.75, 3.05) is 25.5 Å². The molecule has 0 aromatic heterocycles. The lowest BCUT2D eigenvalue weighted by molar-refractivity contribution is -0.680. The highest BCUT2D eigenvalue weighted by atomic mass is 16.5. The maximum atomic E-state index is 12.9. The summed E-state index contributed by atoms with van der Waals surface area (Å²) in [6.45, 7) is 4.53. The first-order valence-corrected chi connectivity index (χ1v) is 8.59. The second-order valence-corrected chi connectivity index (χ2v) is 6.09. The van der Waals surface area contributed by atoms with Crippen LogP contribution in [0.15, 0.2) is 48.5 Å². The Balaban J connectivity index is 2.15. The van der Waals surface area contributed by atoms with Crippen LogP contribution in [-0.4, -0.2) is 32.0 Å². The third kappa shape index (κ3) is 5.60. The third-order valence-corrected chi connectivity index (χ3v) is 3.97. The maximum Gasteiger partial charge on any atom is 0.287 e. The van der Waals surface area contributed by atoms with Gasteiger partial charge in [-0.1, -0.05) is 36.4 Å². The molecule has 0 aliphatic carbocycles. The normalized spacial score (nSPS) is 11.5. The van der Waals surface area contributed by atoms with Crippen molar-refractivity contribution in [1.82, 2.24) is 5.32 Å².